The van der Waals surface area contributed by atoms with Gasteiger partial charge in [-0.05, 0) is 56.5 Å². The van der Waals surface area contributed by atoms with E-state index in [-0.39, 0.29) is 11.9 Å². The van der Waals surface area contributed by atoms with Crippen LogP contribution in [0.15, 0.2) is 34.9 Å². The number of carbonyl (C=O) groups is 1. The first-order chi connectivity index (χ1) is 13.7. The van der Waals surface area contributed by atoms with E-state index in [0.29, 0.717) is 18.3 Å². The molecule has 1 aromatic heterocycles. The second kappa shape index (κ2) is 9.07. The Morgan fingerprint density at radius 3 is 2.86 bits per heavy atom. The van der Waals surface area contributed by atoms with Crippen molar-refractivity contribution in [2.24, 2.45) is 0 Å². The first-order valence-electron chi connectivity index (χ1n) is 9.99. The maximum atomic E-state index is 12.4. The summed E-state index contributed by atoms with van der Waals surface area (Å²) < 4.78 is 10.7. The van der Waals surface area contributed by atoms with Crippen molar-refractivity contribution in [2.45, 2.75) is 44.2 Å². The number of benzene rings is 1. The van der Waals surface area contributed by atoms with E-state index in [2.05, 4.69) is 21.4 Å². The van der Waals surface area contributed by atoms with Gasteiger partial charge in [-0.3, -0.25) is 9.69 Å². The third-order valence-electron chi connectivity index (χ3n) is 5.55. The maximum Gasteiger partial charge on any atom is 0.290 e. The van der Waals surface area contributed by atoms with Gasteiger partial charge in [-0.25, -0.2) is 0 Å². The normalized spacial score (nSPS) is 21.5. The molecule has 1 unspecified atom stereocenters. The largest absolute Gasteiger partial charge is 0.379 e. The smallest absolute Gasteiger partial charge is 0.290 e. The number of aromatic nitrogens is 1. The van der Waals surface area contributed by atoms with Gasteiger partial charge in [0, 0.05) is 30.2 Å². The second-order valence-corrected chi connectivity index (χ2v) is 8.12. The van der Waals surface area contributed by atoms with Crippen LogP contribution in [-0.4, -0.2) is 48.3 Å². The number of ether oxygens (including phenoxy) is 1. The standard InChI is InChI=1S/C21H26ClN3O3/c22-17-4-1-3-15(11-17)13-25-8-6-16(7-9-25)19-12-20(28-24-19)21(26)23-18-5-2-10-27-14-18/h1,3-4,11-12,16,18H,2,5-10,13-14H2,(H,23,26). The molecule has 1 amide bonds. The summed E-state index contributed by atoms with van der Waals surface area (Å²) in [6.07, 6.45) is 3.92. The van der Waals surface area contributed by atoms with Crippen molar-refractivity contribution in [3.05, 3.63) is 52.4 Å². The third kappa shape index (κ3) is 4.93. The van der Waals surface area contributed by atoms with Gasteiger partial charge in [-0.1, -0.05) is 28.9 Å². The molecule has 2 aromatic rings. The average Bonchev–Trinajstić information content (AvgIpc) is 3.20. The van der Waals surface area contributed by atoms with Crippen molar-refractivity contribution in [2.75, 3.05) is 26.3 Å². The minimum absolute atomic E-state index is 0.0597. The molecular formula is C21H26ClN3O3. The van der Waals surface area contributed by atoms with Crippen molar-refractivity contribution in [3.63, 3.8) is 0 Å². The number of nitrogens with zero attached hydrogens (tertiary/aromatic N) is 2. The van der Waals surface area contributed by atoms with Gasteiger partial charge in [0.15, 0.2) is 0 Å². The molecule has 0 radical (unpaired) electrons. The van der Waals surface area contributed by atoms with Gasteiger partial charge in [0.2, 0.25) is 5.76 Å². The van der Waals surface area contributed by atoms with Crippen LogP contribution in [0.3, 0.4) is 0 Å². The number of likely N-dealkylation sites (tertiary alicyclic amines) is 1. The lowest BCUT2D eigenvalue weighted by Crippen LogP contribution is -2.40. The number of rotatable bonds is 5. The Labute approximate surface area is 170 Å². The van der Waals surface area contributed by atoms with Crippen molar-refractivity contribution in [1.82, 2.24) is 15.4 Å². The van der Waals surface area contributed by atoms with Crippen LogP contribution in [0.1, 0.15) is 53.4 Å². The van der Waals surface area contributed by atoms with Crippen molar-refractivity contribution >= 4 is 17.5 Å². The van der Waals surface area contributed by atoms with Crippen LogP contribution in [0.5, 0.6) is 0 Å². The van der Waals surface area contributed by atoms with E-state index in [1.807, 2.05) is 18.2 Å². The number of nitrogens with one attached hydrogen (secondary N) is 1. The Morgan fingerprint density at radius 2 is 2.11 bits per heavy atom. The molecule has 7 heteroatoms. The fourth-order valence-electron chi connectivity index (χ4n) is 3.98. The molecule has 0 spiro atoms. The fraction of sp³-hybridized carbons (Fsp3) is 0.524. The van der Waals surface area contributed by atoms with E-state index in [9.17, 15) is 4.79 Å². The first-order valence-corrected chi connectivity index (χ1v) is 10.4. The predicted octanol–water partition coefficient (Wildman–Crippen LogP) is 3.62. The summed E-state index contributed by atoms with van der Waals surface area (Å²) in [5.41, 5.74) is 2.12. The number of halogens is 1. The van der Waals surface area contributed by atoms with E-state index in [1.165, 1.54) is 5.56 Å². The Hall–Kier alpha value is -1.89. The number of carbonyl (C=O) groups excluding carboxylic acids is 1. The molecule has 2 aliphatic rings. The molecule has 0 aliphatic carbocycles. The van der Waals surface area contributed by atoms with Gasteiger partial charge in [0.1, 0.15) is 0 Å². The molecule has 2 aliphatic heterocycles. The summed E-state index contributed by atoms with van der Waals surface area (Å²) in [7, 11) is 0. The van der Waals surface area contributed by atoms with Gasteiger partial charge in [0.25, 0.3) is 5.91 Å². The highest BCUT2D eigenvalue weighted by atomic mass is 35.5. The monoisotopic (exact) mass is 403 g/mol. The van der Waals surface area contributed by atoms with Crippen LogP contribution in [0, 0.1) is 0 Å². The van der Waals surface area contributed by atoms with Crippen molar-refractivity contribution in [1.29, 1.82) is 0 Å². The molecule has 4 rings (SSSR count). The molecule has 2 fully saturated rings. The number of piperidine rings is 1. The predicted molar refractivity (Wildman–Crippen MR) is 107 cm³/mol. The summed E-state index contributed by atoms with van der Waals surface area (Å²) in [5, 5.41) is 7.92. The van der Waals surface area contributed by atoms with Gasteiger partial charge < -0.3 is 14.6 Å². The molecule has 28 heavy (non-hydrogen) atoms. The van der Waals surface area contributed by atoms with Gasteiger partial charge >= 0.3 is 0 Å². The lowest BCUT2D eigenvalue weighted by Gasteiger charge is -2.31. The van der Waals surface area contributed by atoms with E-state index >= 15 is 0 Å². The molecule has 1 atom stereocenters. The van der Waals surface area contributed by atoms with Crippen molar-refractivity contribution < 1.29 is 14.1 Å². The fourth-order valence-corrected chi connectivity index (χ4v) is 4.19. The third-order valence-corrected chi connectivity index (χ3v) is 5.78. The second-order valence-electron chi connectivity index (χ2n) is 7.68. The molecular weight excluding hydrogens is 378 g/mol. The van der Waals surface area contributed by atoms with Gasteiger partial charge in [-0.2, -0.15) is 0 Å². The van der Waals surface area contributed by atoms with E-state index in [1.54, 1.807) is 6.07 Å². The molecule has 150 valence electrons. The zero-order chi connectivity index (χ0) is 19.3. The molecule has 0 saturated carbocycles. The highest BCUT2D eigenvalue weighted by Crippen LogP contribution is 2.28. The van der Waals surface area contributed by atoms with Crippen LogP contribution in [0.25, 0.3) is 0 Å². The summed E-state index contributed by atoms with van der Waals surface area (Å²) in [4.78, 5) is 14.8. The molecule has 0 bridgehead atoms. The summed E-state index contributed by atoms with van der Waals surface area (Å²) in [5.74, 6) is 0.425. The molecule has 1 N–H and O–H groups in total. The zero-order valence-corrected chi connectivity index (χ0v) is 16.7. The first kappa shape index (κ1) is 19.4. The molecule has 6 nitrogen and oxygen atoms in total. The number of hydrogen-bond acceptors (Lipinski definition) is 5. The maximum absolute atomic E-state index is 12.4. The lowest BCUT2D eigenvalue weighted by atomic mass is 9.93. The SMILES string of the molecule is O=C(NC1CCCOC1)c1cc(C2CCN(Cc3cccc(Cl)c3)CC2)no1. The van der Waals surface area contributed by atoms with E-state index in [4.69, 9.17) is 20.9 Å². The van der Waals surface area contributed by atoms with Crippen LogP contribution in [0.2, 0.25) is 5.02 Å². The lowest BCUT2D eigenvalue weighted by molar-refractivity contribution is 0.0608. The summed E-state index contributed by atoms with van der Waals surface area (Å²) in [6.45, 7) is 4.23. The van der Waals surface area contributed by atoms with E-state index in [0.717, 1.165) is 62.6 Å². The number of hydrogen-bond donors (Lipinski definition) is 1. The van der Waals surface area contributed by atoms with Crippen LogP contribution >= 0.6 is 11.6 Å². The minimum Gasteiger partial charge on any atom is -0.379 e. The highest BCUT2D eigenvalue weighted by Gasteiger charge is 2.26. The Balaban J connectivity index is 1.28. The molecule has 3 heterocycles. The Kier molecular flexibility index (Phi) is 6.29. The van der Waals surface area contributed by atoms with E-state index < -0.39 is 0 Å². The van der Waals surface area contributed by atoms with Gasteiger partial charge in [-0.15, -0.1) is 0 Å². The molecule has 2 saturated heterocycles. The summed E-state index contributed by atoms with van der Waals surface area (Å²) >= 11 is 6.08. The highest BCUT2D eigenvalue weighted by molar-refractivity contribution is 6.30. The van der Waals surface area contributed by atoms with Crippen LogP contribution in [-0.2, 0) is 11.3 Å². The zero-order valence-electron chi connectivity index (χ0n) is 15.9. The molecule has 1 aromatic carbocycles. The number of amides is 1. The Morgan fingerprint density at radius 1 is 1.25 bits per heavy atom. The topological polar surface area (TPSA) is 67.6 Å². The van der Waals surface area contributed by atoms with Crippen molar-refractivity contribution in [3.8, 4) is 0 Å². The minimum atomic E-state index is -0.201. The van der Waals surface area contributed by atoms with Crippen LogP contribution in [0.4, 0.5) is 0 Å². The Bertz CT molecular complexity index is 796. The average molecular weight is 404 g/mol. The van der Waals surface area contributed by atoms with Gasteiger partial charge in [0.05, 0.1) is 18.3 Å². The van der Waals surface area contributed by atoms with Crippen LogP contribution < -0.4 is 5.32 Å². The summed E-state index contributed by atoms with van der Waals surface area (Å²) in [6, 6.07) is 9.88. The quantitative estimate of drug-likeness (QED) is 0.825.